The maximum Gasteiger partial charge on any atom is 0.303 e. The zero-order valence-corrected chi connectivity index (χ0v) is 20.1. The topological polar surface area (TPSA) is 98.0 Å². The molecule has 1 unspecified atom stereocenters. The van der Waals surface area contributed by atoms with E-state index in [-0.39, 0.29) is 58.4 Å². The number of aliphatic hydroxyl groups is 3. The van der Waals surface area contributed by atoms with Gasteiger partial charge in [-0.05, 0) is 96.7 Å². The van der Waals surface area contributed by atoms with Gasteiger partial charge in [0.15, 0.2) is 0 Å². The first-order valence-electron chi connectivity index (χ1n) is 12.6. The summed E-state index contributed by atoms with van der Waals surface area (Å²) < 4.78 is 0. The molecule has 4 N–H and O–H groups in total. The van der Waals surface area contributed by atoms with Crippen LogP contribution in [-0.2, 0) is 4.79 Å². The first kappa shape index (κ1) is 23.5. The van der Waals surface area contributed by atoms with E-state index in [0.717, 1.165) is 32.1 Å². The molecule has 0 aliphatic heterocycles. The Kier molecular flexibility index (Phi) is 5.84. The molecule has 0 bridgehead atoms. The van der Waals surface area contributed by atoms with Crippen molar-refractivity contribution >= 4 is 5.97 Å². The van der Waals surface area contributed by atoms with Crippen molar-refractivity contribution in [1.29, 1.82) is 0 Å². The van der Waals surface area contributed by atoms with Crippen molar-refractivity contribution in [2.75, 3.05) is 0 Å². The van der Waals surface area contributed by atoms with Crippen molar-refractivity contribution in [2.24, 2.45) is 51.8 Å². The second-order valence-electron chi connectivity index (χ2n) is 12.5. The van der Waals surface area contributed by atoms with Crippen molar-refractivity contribution in [3.8, 4) is 0 Å². The Bertz CT molecular complexity index is 710. The molecule has 4 fully saturated rings. The molecule has 4 rings (SSSR count). The van der Waals surface area contributed by atoms with Crippen molar-refractivity contribution in [3.63, 3.8) is 0 Å². The molecule has 5 nitrogen and oxygen atoms in total. The van der Waals surface area contributed by atoms with E-state index in [1.807, 2.05) is 0 Å². The molecule has 12 atom stereocenters. The summed E-state index contributed by atoms with van der Waals surface area (Å²) in [7, 11) is 0. The van der Waals surface area contributed by atoms with E-state index in [4.69, 9.17) is 5.11 Å². The number of carboxylic acids is 1. The Morgan fingerprint density at radius 3 is 2.35 bits per heavy atom. The van der Waals surface area contributed by atoms with E-state index >= 15 is 0 Å². The number of rotatable bonds is 4. The maximum absolute atomic E-state index is 11.7. The fraction of sp³-hybridized carbons (Fsp3) is 0.962. The van der Waals surface area contributed by atoms with Gasteiger partial charge in [-0.1, -0.05) is 34.6 Å². The molecule has 0 spiro atoms. The van der Waals surface area contributed by atoms with Gasteiger partial charge in [0.2, 0.25) is 0 Å². The zero-order valence-electron chi connectivity index (χ0n) is 20.1. The highest BCUT2D eigenvalue weighted by Gasteiger charge is 2.69. The predicted molar refractivity (Wildman–Crippen MR) is 119 cm³/mol. The molecule has 31 heavy (non-hydrogen) atoms. The first-order valence-corrected chi connectivity index (χ1v) is 12.6. The van der Waals surface area contributed by atoms with Gasteiger partial charge in [-0.15, -0.1) is 0 Å². The Morgan fingerprint density at radius 1 is 1.03 bits per heavy atom. The van der Waals surface area contributed by atoms with Gasteiger partial charge < -0.3 is 20.4 Å². The van der Waals surface area contributed by atoms with Gasteiger partial charge in [-0.25, -0.2) is 0 Å². The Labute approximate surface area is 187 Å². The van der Waals surface area contributed by atoms with Crippen molar-refractivity contribution < 1.29 is 25.2 Å². The van der Waals surface area contributed by atoms with Crippen molar-refractivity contribution in [3.05, 3.63) is 0 Å². The molecular formula is C26H44O5. The summed E-state index contributed by atoms with van der Waals surface area (Å²) in [5.41, 5.74) is -0.394. The monoisotopic (exact) mass is 436 g/mol. The van der Waals surface area contributed by atoms with Crippen LogP contribution in [0.25, 0.3) is 0 Å². The van der Waals surface area contributed by atoms with Gasteiger partial charge in [0.25, 0.3) is 0 Å². The van der Waals surface area contributed by atoms with Crippen LogP contribution in [0.3, 0.4) is 0 Å². The zero-order chi connectivity index (χ0) is 22.9. The number of hydrogen-bond acceptors (Lipinski definition) is 4. The fourth-order valence-electron chi connectivity index (χ4n) is 9.50. The molecule has 4 aliphatic rings. The summed E-state index contributed by atoms with van der Waals surface area (Å²) in [5, 5.41) is 42.9. The highest BCUT2D eigenvalue weighted by molar-refractivity contribution is 5.66. The summed E-state index contributed by atoms with van der Waals surface area (Å²) in [4.78, 5) is 11.1. The van der Waals surface area contributed by atoms with Crippen LogP contribution in [0.4, 0.5) is 0 Å². The van der Waals surface area contributed by atoms with E-state index in [2.05, 4.69) is 34.6 Å². The summed E-state index contributed by atoms with van der Waals surface area (Å²) in [5.74, 6) is 0.608. The number of aliphatic carboxylic acids is 1. The number of carbonyl (C=O) groups is 1. The molecule has 0 amide bonds. The molecule has 0 aromatic carbocycles. The molecule has 0 saturated heterocycles. The second kappa shape index (κ2) is 7.70. The van der Waals surface area contributed by atoms with Gasteiger partial charge >= 0.3 is 5.97 Å². The Morgan fingerprint density at radius 2 is 1.71 bits per heavy atom. The molecule has 0 radical (unpaired) electrons. The van der Waals surface area contributed by atoms with E-state index in [1.165, 1.54) is 0 Å². The van der Waals surface area contributed by atoms with E-state index in [9.17, 15) is 20.1 Å². The lowest BCUT2D eigenvalue weighted by Gasteiger charge is -2.69. The maximum atomic E-state index is 11.7. The standard InChI is InChI=1S/C26H44O5/c1-14(6-9-21(29)30)17-7-8-18-22-19(12-20(28)26(17,18)5)24(3)11-10-16(27)13-25(24,4)15(2)23(22)31/h14-20,22-23,27-28,31H,6-13H2,1-5H3,(H,29,30)/t14-,15+,16-,17-,18+,19+,20+,22+,23-,24-,25?,26-/m1/s1. The lowest BCUT2D eigenvalue weighted by atomic mass is 9.37. The summed E-state index contributed by atoms with van der Waals surface area (Å²) in [6.07, 6.45) is 4.92. The largest absolute Gasteiger partial charge is 0.481 e. The van der Waals surface area contributed by atoms with Crippen LogP contribution in [0.5, 0.6) is 0 Å². The number of carboxylic acid groups (broad SMARTS) is 1. The van der Waals surface area contributed by atoms with Crippen molar-refractivity contribution in [2.45, 2.75) is 104 Å². The summed E-state index contributed by atoms with van der Waals surface area (Å²) in [6, 6.07) is 0. The van der Waals surface area contributed by atoms with Crippen LogP contribution in [0.2, 0.25) is 0 Å². The quantitative estimate of drug-likeness (QED) is 0.532. The van der Waals surface area contributed by atoms with Gasteiger partial charge in [-0.2, -0.15) is 0 Å². The molecule has 0 aromatic heterocycles. The van der Waals surface area contributed by atoms with Crippen LogP contribution in [0.1, 0.15) is 86.0 Å². The number of aliphatic hydroxyl groups excluding tert-OH is 3. The molecular weight excluding hydrogens is 392 g/mol. The minimum Gasteiger partial charge on any atom is -0.481 e. The highest BCUT2D eigenvalue weighted by atomic mass is 16.4. The molecule has 4 saturated carbocycles. The van der Waals surface area contributed by atoms with Gasteiger partial charge in [0, 0.05) is 6.42 Å². The van der Waals surface area contributed by atoms with Crippen LogP contribution in [0.15, 0.2) is 0 Å². The molecule has 5 heteroatoms. The van der Waals surface area contributed by atoms with Crippen molar-refractivity contribution in [1.82, 2.24) is 0 Å². The third-order valence-corrected chi connectivity index (χ3v) is 11.7. The number of fused-ring (bicyclic) bond motifs is 5. The average Bonchev–Trinajstić information content (AvgIpc) is 3.06. The Hall–Kier alpha value is -0.650. The van der Waals surface area contributed by atoms with Crippen LogP contribution in [0, 0.1) is 51.8 Å². The third-order valence-electron chi connectivity index (χ3n) is 11.7. The van der Waals surface area contributed by atoms with E-state index in [0.29, 0.717) is 18.8 Å². The Balaban J connectivity index is 1.68. The lowest BCUT2D eigenvalue weighted by molar-refractivity contribution is -0.256. The van der Waals surface area contributed by atoms with Gasteiger partial charge in [0.05, 0.1) is 18.3 Å². The van der Waals surface area contributed by atoms with Gasteiger partial charge in [0.1, 0.15) is 0 Å². The lowest BCUT2D eigenvalue weighted by Crippen LogP contribution is -2.68. The second-order valence-corrected chi connectivity index (χ2v) is 12.5. The average molecular weight is 437 g/mol. The van der Waals surface area contributed by atoms with Crippen LogP contribution < -0.4 is 0 Å². The third kappa shape index (κ3) is 3.16. The normalized spacial score (nSPS) is 55.1. The minimum atomic E-state index is -0.751. The van der Waals surface area contributed by atoms with Crippen LogP contribution >= 0.6 is 0 Å². The molecule has 0 aromatic rings. The summed E-state index contributed by atoms with van der Waals surface area (Å²) in [6.45, 7) is 11.2. The van der Waals surface area contributed by atoms with E-state index in [1.54, 1.807) is 0 Å². The van der Waals surface area contributed by atoms with Crippen LogP contribution in [-0.4, -0.2) is 44.7 Å². The fourth-order valence-corrected chi connectivity index (χ4v) is 9.50. The predicted octanol–water partition coefficient (Wildman–Crippen LogP) is 4.08. The first-order chi connectivity index (χ1) is 14.4. The van der Waals surface area contributed by atoms with Gasteiger partial charge in [-0.3, -0.25) is 4.79 Å². The molecule has 4 aliphatic carbocycles. The highest BCUT2D eigenvalue weighted by Crippen LogP contribution is 2.72. The smallest absolute Gasteiger partial charge is 0.303 e. The molecule has 178 valence electrons. The number of hydrogen-bond donors (Lipinski definition) is 4. The SMILES string of the molecule is C[C@H](CCC(=O)O)[C@H]1CC[C@H]2[C@@H]3[C@H](O)[C@H](C)C4(C)C[C@H](O)CC[C@]4(C)[C@H]3C[C@H](O)[C@]12C. The minimum absolute atomic E-state index is 0.00482. The summed E-state index contributed by atoms with van der Waals surface area (Å²) >= 11 is 0. The molecule has 0 heterocycles. The van der Waals surface area contributed by atoms with E-state index < -0.39 is 18.2 Å².